The average Bonchev–Trinajstić information content (AvgIpc) is 2.64. The van der Waals surface area contributed by atoms with Crippen LogP contribution in [0, 0.1) is 6.92 Å². The van der Waals surface area contributed by atoms with E-state index in [1.54, 1.807) is 0 Å². The van der Waals surface area contributed by atoms with Crippen molar-refractivity contribution in [1.29, 1.82) is 0 Å². The predicted octanol–water partition coefficient (Wildman–Crippen LogP) is 2.18. The molecule has 5 nitrogen and oxygen atoms in total. The molecular weight excluding hydrogens is 392 g/mol. The number of nitrogens with zero attached hydrogens (tertiary/aromatic N) is 1. The second-order valence-corrected chi connectivity index (χ2v) is 5.99. The summed E-state index contributed by atoms with van der Waals surface area (Å²) in [6, 6.07) is 3.73. The molecule has 106 valence electrons. The minimum atomic E-state index is -0.437. The summed E-state index contributed by atoms with van der Waals surface area (Å²) in [5.41, 5.74) is 1.92. The molecule has 1 aliphatic rings. The molecule has 0 aromatic heterocycles. The molecule has 0 fully saturated rings. The van der Waals surface area contributed by atoms with Crippen molar-refractivity contribution in [3.63, 3.8) is 0 Å². The van der Waals surface area contributed by atoms with E-state index < -0.39 is 11.8 Å². The summed E-state index contributed by atoms with van der Waals surface area (Å²) in [6.45, 7) is 1.70. The van der Waals surface area contributed by atoms with Gasteiger partial charge in [0.2, 0.25) is 0 Å². The molecule has 2 amide bonds. The third-order valence-electron chi connectivity index (χ3n) is 2.85. The number of aliphatic hydroxyl groups is 1. The lowest BCUT2D eigenvalue weighted by Gasteiger charge is -2.14. The van der Waals surface area contributed by atoms with Crippen LogP contribution in [0.3, 0.4) is 0 Å². The Labute approximate surface area is 132 Å². The Morgan fingerprint density at radius 1 is 1.25 bits per heavy atom. The summed E-state index contributed by atoms with van der Waals surface area (Å²) >= 11 is 6.83. The van der Waals surface area contributed by atoms with E-state index in [0.29, 0.717) is 5.69 Å². The van der Waals surface area contributed by atoms with Crippen molar-refractivity contribution in [1.82, 2.24) is 4.90 Å². The standard InChI is InChI=1S/C13H12Br2N2O3/c1-7-4-9(15)10(5-8(7)14)16-11-6-12(19)17(2-3-18)13(11)20/h4-6,16,18H,2-3H2,1H3. The number of amides is 2. The van der Waals surface area contributed by atoms with Gasteiger partial charge in [0.1, 0.15) is 5.70 Å². The number of carbonyl (C=O) groups is 2. The number of aliphatic hydroxyl groups excluding tert-OH is 1. The molecule has 0 atom stereocenters. The van der Waals surface area contributed by atoms with Gasteiger partial charge in [0.05, 0.1) is 18.8 Å². The lowest BCUT2D eigenvalue weighted by Crippen LogP contribution is -2.34. The first-order chi connectivity index (χ1) is 9.43. The fraction of sp³-hybridized carbons (Fsp3) is 0.231. The third kappa shape index (κ3) is 2.94. The van der Waals surface area contributed by atoms with Gasteiger partial charge < -0.3 is 10.4 Å². The van der Waals surface area contributed by atoms with E-state index in [1.165, 1.54) is 6.08 Å². The van der Waals surface area contributed by atoms with Gasteiger partial charge in [-0.05, 0) is 40.5 Å². The van der Waals surface area contributed by atoms with Gasteiger partial charge in [-0.25, -0.2) is 0 Å². The number of aryl methyl sites for hydroxylation is 1. The Hall–Kier alpha value is -1.18. The number of hydrogen-bond acceptors (Lipinski definition) is 4. The van der Waals surface area contributed by atoms with Crippen molar-refractivity contribution in [2.24, 2.45) is 0 Å². The average molecular weight is 404 g/mol. The van der Waals surface area contributed by atoms with Crippen LogP contribution in [-0.4, -0.2) is 35.0 Å². The smallest absolute Gasteiger partial charge is 0.277 e. The molecule has 1 aromatic carbocycles. The van der Waals surface area contributed by atoms with Crippen molar-refractivity contribution < 1.29 is 14.7 Å². The Balaban J connectivity index is 2.23. The largest absolute Gasteiger partial charge is 0.395 e. The number of imide groups is 1. The Morgan fingerprint density at radius 3 is 2.60 bits per heavy atom. The first-order valence-corrected chi connectivity index (χ1v) is 7.43. The minimum Gasteiger partial charge on any atom is -0.395 e. The normalized spacial score (nSPS) is 14.8. The van der Waals surface area contributed by atoms with Crippen LogP contribution in [0.2, 0.25) is 0 Å². The van der Waals surface area contributed by atoms with E-state index in [-0.39, 0.29) is 18.8 Å². The van der Waals surface area contributed by atoms with E-state index in [2.05, 4.69) is 37.2 Å². The van der Waals surface area contributed by atoms with Gasteiger partial charge in [-0.3, -0.25) is 14.5 Å². The highest BCUT2D eigenvalue weighted by molar-refractivity contribution is 9.11. The minimum absolute atomic E-state index is 0.00188. The summed E-state index contributed by atoms with van der Waals surface area (Å²) in [5.74, 6) is -0.860. The molecule has 0 bridgehead atoms. The van der Waals surface area contributed by atoms with Gasteiger partial charge >= 0.3 is 0 Å². The highest BCUT2D eigenvalue weighted by Crippen LogP contribution is 2.31. The van der Waals surface area contributed by atoms with Crippen LogP contribution in [0.4, 0.5) is 5.69 Å². The van der Waals surface area contributed by atoms with Gasteiger partial charge in [-0.2, -0.15) is 0 Å². The van der Waals surface area contributed by atoms with Crippen LogP contribution >= 0.6 is 31.9 Å². The van der Waals surface area contributed by atoms with Gasteiger partial charge in [-0.1, -0.05) is 15.9 Å². The van der Waals surface area contributed by atoms with Crippen LogP contribution in [0.1, 0.15) is 5.56 Å². The molecule has 1 aliphatic heterocycles. The van der Waals surface area contributed by atoms with Gasteiger partial charge in [0, 0.05) is 15.0 Å². The van der Waals surface area contributed by atoms with Crippen molar-refractivity contribution in [2.75, 3.05) is 18.5 Å². The van der Waals surface area contributed by atoms with Crippen molar-refractivity contribution in [2.45, 2.75) is 6.92 Å². The lowest BCUT2D eigenvalue weighted by molar-refractivity contribution is -0.137. The molecule has 7 heteroatoms. The molecule has 20 heavy (non-hydrogen) atoms. The van der Waals surface area contributed by atoms with Crippen molar-refractivity contribution in [3.8, 4) is 0 Å². The van der Waals surface area contributed by atoms with E-state index in [1.807, 2.05) is 19.1 Å². The molecule has 1 aromatic rings. The number of benzene rings is 1. The molecule has 0 saturated heterocycles. The third-order valence-corrected chi connectivity index (χ3v) is 4.36. The van der Waals surface area contributed by atoms with Crippen LogP contribution in [-0.2, 0) is 9.59 Å². The molecule has 0 saturated carbocycles. The molecule has 1 heterocycles. The Morgan fingerprint density at radius 2 is 1.95 bits per heavy atom. The molecule has 0 aliphatic carbocycles. The zero-order valence-corrected chi connectivity index (χ0v) is 13.8. The molecule has 0 unspecified atom stereocenters. The SMILES string of the molecule is Cc1cc(Br)c(NC2=CC(=O)N(CCO)C2=O)cc1Br. The molecule has 2 rings (SSSR count). The van der Waals surface area contributed by atoms with Crippen LogP contribution in [0.5, 0.6) is 0 Å². The quantitative estimate of drug-likeness (QED) is 0.756. The second-order valence-electron chi connectivity index (χ2n) is 4.28. The van der Waals surface area contributed by atoms with Crippen LogP contribution in [0.15, 0.2) is 32.9 Å². The zero-order chi connectivity index (χ0) is 14.9. The Kier molecular flexibility index (Phi) is 4.62. The van der Waals surface area contributed by atoms with Gasteiger partial charge in [0.15, 0.2) is 0 Å². The van der Waals surface area contributed by atoms with E-state index >= 15 is 0 Å². The molecular formula is C13H12Br2N2O3. The summed E-state index contributed by atoms with van der Waals surface area (Å²) in [6.07, 6.45) is 1.23. The maximum atomic E-state index is 12.0. The first kappa shape index (κ1) is 15.2. The lowest BCUT2D eigenvalue weighted by atomic mass is 10.2. The fourth-order valence-corrected chi connectivity index (χ4v) is 2.70. The summed E-state index contributed by atoms with van der Waals surface area (Å²) in [7, 11) is 0. The summed E-state index contributed by atoms with van der Waals surface area (Å²) in [4.78, 5) is 24.6. The maximum Gasteiger partial charge on any atom is 0.277 e. The predicted molar refractivity (Wildman–Crippen MR) is 82.1 cm³/mol. The number of anilines is 1. The Bertz CT molecular complexity index is 614. The number of rotatable bonds is 4. The molecule has 0 radical (unpaired) electrons. The molecule has 0 spiro atoms. The highest BCUT2D eigenvalue weighted by atomic mass is 79.9. The monoisotopic (exact) mass is 402 g/mol. The van der Waals surface area contributed by atoms with Crippen molar-refractivity contribution in [3.05, 3.63) is 38.4 Å². The van der Waals surface area contributed by atoms with E-state index in [4.69, 9.17) is 5.11 Å². The number of halogens is 2. The van der Waals surface area contributed by atoms with Crippen LogP contribution < -0.4 is 5.32 Å². The van der Waals surface area contributed by atoms with Crippen molar-refractivity contribution >= 4 is 49.4 Å². The maximum absolute atomic E-state index is 12.0. The highest BCUT2D eigenvalue weighted by Gasteiger charge is 2.30. The fourth-order valence-electron chi connectivity index (χ4n) is 1.80. The first-order valence-electron chi connectivity index (χ1n) is 5.85. The number of hydrogen-bond donors (Lipinski definition) is 2. The number of carbonyl (C=O) groups excluding carboxylic acids is 2. The number of β-amino-alcohol motifs (C(OH)–C–C–N with tert-alkyl or cyclic N) is 1. The van der Waals surface area contributed by atoms with Gasteiger partial charge in [0.25, 0.3) is 11.8 Å². The van der Waals surface area contributed by atoms with E-state index in [9.17, 15) is 9.59 Å². The summed E-state index contributed by atoms with van der Waals surface area (Å²) < 4.78 is 1.69. The second kappa shape index (κ2) is 6.07. The number of nitrogens with one attached hydrogen (secondary N) is 1. The van der Waals surface area contributed by atoms with Crippen LogP contribution in [0.25, 0.3) is 0 Å². The summed E-state index contributed by atoms with van der Waals surface area (Å²) in [5, 5.41) is 11.8. The topological polar surface area (TPSA) is 69.6 Å². The molecule has 2 N–H and O–H groups in total. The zero-order valence-electron chi connectivity index (χ0n) is 10.6. The van der Waals surface area contributed by atoms with E-state index in [0.717, 1.165) is 19.4 Å². The van der Waals surface area contributed by atoms with Gasteiger partial charge in [-0.15, -0.1) is 0 Å².